The molecule has 11 nitrogen and oxygen atoms in total. The average molecular weight is 456 g/mol. The molecule has 0 aliphatic heterocycles. The second kappa shape index (κ2) is 8.51. The Labute approximate surface area is 181 Å². The first-order valence-electron chi connectivity index (χ1n) is 9.27. The zero-order valence-corrected chi connectivity index (χ0v) is 17.2. The predicted octanol–water partition coefficient (Wildman–Crippen LogP) is 1.20. The van der Waals surface area contributed by atoms with Crippen LogP contribution in [0.2, 0.25) is 0 Å². The van der Waals surface area contributed by atoms with Crippen LogP contribution in [0.1, 0.15) is 10.5 Å². The van der Waals surface area contributed by atoms with E-state index in [0.717, 1.165) is 0 Å². The summed E-state index contributed by atoms with van der Waals surface area (Å²) in [5, 5.41) is 27.5. The van der Waals surface area contributed by atoms with Gasteiger partial charge < -0.3 is 20.4 Å². The van der Waals surface area contributed by atoms with Crippen molar-refractivity contribution in [1.29, 1.82) is 0 Å². The van der Waals surface area contributed by atoms with Crippen molar-refractivity contribution >= 4 is 26.6 Å². The minimum atomic E-state index is -4.23. The molecule has 0 aliphatic carbocycles. The molecular weight excluding hydrogens is 440 g/mol. The molecule has 32 heavy (non-hydrogen) atoms. The van der Waals surface area contributed by atoms with Crippen molar-refractivity contribution in [2.75, 3.05) is 13.2 Å². The van der Waals surface area contributed by atoms with Crippen LogP contribution in [0.25, 0.3) is 10.9 Å². The van der Waals surface area contributed by atoms with Crippen LogP contribution in [-0.4, -0.2) is 42.7 Å². The molecule has 0 bridgehead atoms. The number of para-hydroxylation sites is 1. The number of pyridine rings is 1. The first-order chi connectivity index (χ1) is 15.4. The fourth-order valence-electron chi connectivity index (χ4n) is 2.90. The number of hydrogen-bond donors (Lipinski definition) is 2. The lowest BCUT2D eigenvalue weighted by molar-refractivity contribution is -0.832. The molecule has 12 heteroatoms. The maximum atomic E-state index is 12.7. The number of sulfone groups is 1. The summed E-state index contributed by atoms with van der Waals surface area (Å²) < 4.78 is 35.0. The average Bonchev–Trinajstić information content (AvgIpc) is 3.18. The number of carbonyl (C=O) groups is 1. The molecule has 1 amide bonds. The van der Waals surface area contributed by atoms with E-state index >= 15 is 0 Å². The molecular formula is C20H16N4O7S. The van der Waals surface area contributed by atoms with Crippen LogP contribution >= 0.6 is 0 Å². The van der Waals surface area contributed by atoms with E-state index < -0.39 is 26.7 Å². The van der Waals surface area contributed by atoms with Crippen LogP contribution in [0.5, 0.6) is 11.6 Å². The number of phenols is 1. The number of fused-ring (bicyclic) bond motifs is 1. The summed E-state index contributed by atoms with van der Waals surface area (Å²) >= 11 is 0. The van der Waals surface area contributed by atoms with Crippen molar-refractivity contribution in [2.45, 2.75) is 9.92 Å². The fourth-order valence-corrected chi connectivity index (χ4v) is 4.20. The number of amides is 1. The summed E-state index contributed by atoms with van der Waals surface area (Å²) in [4.78, 5) is 16.1. The SMILES string of the molecule is O=C(NCCOc1no[n+]([O-])c1S(=O)(=O)c1ccccc1)c1ccc2cccc(O)c2n1. The van der Waals surface area contributed by atoms with Gasteiger partial charge in [0.1, 0.15) is 23.6 Å². The molecule has 0 aliphatic rings. The number of aromatic hydroxyl groups is 1. The quantitative estimate of drug-likeness (QED) is 0.308. The van der Waals surface area contributed by atoms with E-state index in [1.807, 2.05) is 0 Å². The minimum absolute atomic E-state index is 0.0458. The van der Waals surface area contributed by atoms with Crippen LogP contribution in [0.4, 0.5) is 0 Å². The molecule has 2 aromatic carbocycles. The molecule has 0 saturated carbocycles. The predicted molar refractivity (Wildman–Crippen MR) is 109 cm³/mol. The normalized spacial score (nSPS) is 11.4. The standard InChI is InChI=1S/C20H16N4O7S/c25-16-8-4-5-13-9-10-15(22-17(13)16)18(26)21-11-12-30-19-20(24(27)31-23-19)32(28,29)14-6-2-1-3-7-14/h1-10,25H,11-12H2,(H,21,26). The van der Waals surface area contributed by atoms with Gasteiger partial charge in [-0.2, -0.15) is 0 Å². The van der Waals surface area contributed by atoms with Crippen molar-refractivity contribution < 1.29 is 32.6 Å². The number of rotatable bonds is 7. The molecule has 4 aromatic rings. The van der Waals surface area contributed by atoms with Gasteiger partial charge in [-0.15, -0.1) is 0 Å². The highest BCUT2D eigenvalue weighted by atomic mass is 32.2. The van der Waals surface area contributed by atoms with Crippen molar-refractivity contribution in [3.05, 3.63) is 71.6 Å². The summed E-state index contributed by atoms with van der Waals surface area (Å²) in [6.45, 7) is -0.246. The van der Waals surface area contributed by atoms with Crippen LogP contribution in [0.3, 0.4) is 0 Å². The van der Waals surface area contributed by atoms with Crippen molar-refractivity contribution in [2.24, 2.45) is 0 Å². The lowest BCUT2D eigenvalue weighted by atomic mass is 10.2. The van der Waals surface area contributed by atoms with E-state index in [1.54, 1.807) is 24.3 Å². The Morgan fingerprint density at radius 2 is 1.91 bits per heavy atom. The number of nitrogens with one attached hydrogen (secondary N) is 1. The smallest absolute Gasteiger partial charge is 0.415 e. The summed E-state index contributed by atoms with van der Waals surface area (Å²) in [5.41, 5.74) is 0.361. The number of nitrogens with zero attached hydrogens (tertiary/aromatic N) is 3. The lowest BCUT2D eigenvalue weighted by Crippen LogP contribution is -2.32. The molecule has 2 heterocycles. The van der Waals surface area contributed by atoms with Crippen LogP contribution in [-0.2, 0) is 9.84 Å². The highest BCUT2D eigenvalue weighted by Crippen LogP contribution is 2.25. The first kappa shape index (κ1) is 21.1. The van der Waals surface area contributed by atoms with Crippen LogP contribution in [0.15, 0.2) is 75.2 Å². The van der Waals surface area contributed by atoms with Gasteiger partial charge >= 0.3 is 10.9 Å². The molecule has 2 aromatic heterocycles. The van der Waals surface area contributed by atoms with Crippen molar-refractivity contribution in [3.63, 3.8) is 0 Å². The number of hydrogen-bond acceptors (Lipinski definition) is 9. The van der Waals surface area contributed by atoms with E-state index in [2.05, 4.69) is 20.1 Å². The molecule has 0 atom stereocenters. The molecule has 0 radical (unpaired) electrons. The number of phenolic OH excluding ortho intramolecular Hbond substituents is 1. The Morgan fingerprint density at radius 3 is 2.69 bits per heavy atom. The third-order valence-corrected chi connectivity index (χ3v) is 6.14. The number of benzene rings is 2. The Hall–Kier alpha value is -4.19. The second-order valence-corrected chi connectivity index (χ2v) is 8.37. The maximum Gasteiger partial charge on any atom is 0.415 e. The molecule has 164 valence electrons. The third-order valence-electron chi connectivity index (χ3n) is 4.41. The number of aromatic nitrogens is 3. The molecule has 0 saturated heterocycles. The summed E-state index contributed by atoms with van der Waals surface area (Å²) in [5.74, 6) is -1.11. The van der Waals surface area contributed by atoms with Gasteiger partial charge in [0.2, 0.25) is 0 Å². The molecule has 0 spiro atoms. The Bertz CT molecular complexity index is 1390. The Balaban J connectivity index is 1.42. The monoisotopic (exact) mass is 456 g/mol. The van der Waals surface area contributed by atoms with E-state index in [9.17, 15) is 23.5 Å². The van der Waals surface area contributed by atoms with Crippen LogP contribution in [0, 0.1) is 5.21 Å². The first-order valence-corrected chi connectivity index (χ1v) is 10.8. The summed E-state index contributed by atoms with van der Waals surface area (Å²) in [6, 6.07) is 15.3. The van der Waals surface area contributed by atoms with Gasteiger partial charge in [0.15, 0.2) is 0 Å². The van der Waals surface area contributed by atoms with E-state index in [4.69, 9.17) is 4.74 Å². The van der Waals surface area contributed by atoms with Gasteiger partial charge in [0.05, 0.1) is 16.6 Å². The van der Waals surface area contributed by atoms with Gasteiger partial charge in [0.25, 0.3) is 15.7 Å². The zero-order valence-electron chi connectivity index (χ0n) is 16.3. The third kappa shape index (κ3) is 4.03. The van der Waals surface area contributed by atoms with E-state index in [0.29, 0.717) is 5.39 Å². The lowest BCUT2D eigenvalue weighted by Gasteiger charge is -2.06. The molecule has 2 N–H and O–H groups in total. The van der Waals surface area contributed by atoms with Gasteiger partial charge in [-0.05, 0) is 29.2 Å². The van der Waals surface area contributed by atoms with E-state index in [1.165, 1.54) is 36.4 Å². The molecule has 4 rings (SSSR count). The highest BCUT2D eigenvalue weighted by Gasteiger charge is 2.35. The fraction of sp³-hybridized carbons (Fsp3) is 0.100. The number of ether oxygens (including phenoxy) is 1. The van der Waals surface area contributed by atoms with Gasteiger partial charge in [0, 0.05) is 5.39 Å². The summed E-state index contributed by atoms with van der Waals surface area (Å²) in [7, 11) is -4.23. The van der Waals surface area contributed by atoms with Crippen molar-refractivity contribution in [1.82, 2.24) is 15.5 Å². The molecule has 0 unspecified atom stereocenters. The second-order valence-electron chi connectivity index (χ2n) is 6.51. The highest BCUT2D eigenvalue weighted by molar-refractivity contribution is 7.91. The van der Waals surface area contributed by atoms with E-state index in [-0.39, 0.29) is 39.9 Å². The number of carbonyl (C=O) groups excluding carboxylic acids is 1. The Morgan fingerprint density at radius 1 is 1.12 bits per heavy atom. The topological polar surface area (TPSA) is 159 Å². The Kier molecular flexibility index (Phi) is 5.60. The largest absolute Gasteiger partial charge is 0.506 e. The van der Waals surface area contributed by atoms with Crippen LogP contribution < -0.4 is 15.0 Å². The van der Waals surface area contributed by atoms with Gasteiger partial charge in [-0.3, -0.25) is 9.42 Å². The maximum absolute atomic E-state index is 12.7. The minimum Gasteiger partial charge on any atom is -0.506 e. The van der Waals surface area contributed by atoms with Gasteiger partial charge in [-0.1, -0.05) is 36.4 Å². The van der Waals surface area contributed by atoms with Gasteiger partial charge in [-0.25, -0.2) is 13.4 Å². The van der Waals surface area contributed by atoms with Crippen molar-refractivity contribution in [3.8, 4) is 11.6 Å². The summed E-state index contributed by atoms with van der Waals surface area (Å²) in [6.07, 6.45) is 0. The zero-order chi connectivity index (χ0) is 22.7. The molecule has 0 fully saturated rings.